The Balaban J connectivity index is 2.12. The van der Waals surface area contributed by atoms with Crippen LogP contribution in [0.15, 0.2) is 42.5 Å². The Morgan fingerprint density at radius 3 is 2.73 bits per heavy atom. The van der Waals surface area contributed by atoms with Crippen LogP contribution in [0.5, 0.6) is 0 Å². The Kier molecular flexibility index (Phi) is 4.95. The number of halogens is 1. The molecule has 6 nitrogen and oxygen atoms in total. The minimum Gasteiger partial charge on any atom is -0.457 e. The van der Waals surface area contributed by atoms with Gasteiger partial charge < -0.3 is 10.1 Å². The number of hydrogen-bond donors (Lipinski definition) is 1. The lowest BCUT2D eigenvalue weighted by atomic mass is 10.1. The van der Waals surface area contributed by atoms with Gasteiger partial charge in [0.05, 0.1) is 10.5 Å². The number of hydrogen-bond acceptors (Lipinski definition) is 5. The number of nitrogens with zero attached hydrogens (tertiary/aromatic N) is 1. The molecular formula is C15H13ClN2O4. The second-order valence-corrected chi connectivity index (χ2v) is 4.88. The molecule has 0 aliphatic carbocycles. The molecule has 0 bridgehead atoms. The van der Waals surface area contributed by atoms with E-state index >= 15 is 0 Å². The summed E-state index contributed by atoms with van der Waals surface area (Å²) in [6.45, 7) is 0.0426. The van der Waals surface area contributed by atoms with E-state index in [0.29, 0.717) is 10.7 Å². The lowest BCUT2D eigenvalue weighted by Crippen LogP contribution is -2.07. The van der Waals surface area contributed by atoms with Crippen LogP contribution in [0.3, 0.4) is 0 Å². The molecule has 22 heavy (non-hydrogen) atoms. The van der Waals surface area contributed by atoms with E-state index in [-0.39, 0.29) is 17.9 Å². The second kappa shape index (κ2) is 6.91. The van der Waals surface area contributed by atoms with Crippen LogP contribution in [0.4, 0.5) is 11.4 Å². The standard InChI is InChI=1S/C15H13ClN2O4/c1-17-13-6-5-11(8-14(13)18(20)21)15(19)22-9-10-3-2-4-12(16)7-10/h2-8,17H,9H2,1H3. The summed E-state index contributed by atoms with van der Waals surface area (Å²) in [6.07, 6.45) is 0. The summed E-state index contributed by atoms with van der Waals surface area (Å²) in [7, 11) is 1.57. The van der Waals surface area contributed by atoms with Crippen molar-refractivity contribution in [1.29, 1.82) is 0 Å². The Morgan fingerprint density at radius 2 is 2.09 bits per heavy atom. The Morgan fingerprint density at radius 1 is 1.32 bits per heavy atom. The SMILES string of the molecule is CNc1ccc(C(=O)OCc2cccc(Cl)c2)cc1[N+](=O)[O-]. The number of rotatable bonds is 5. The van der Waals surface area contributed by atoms with Gasteiger partial charge in [-0.1, -0.05) is 23.7 Å². The van der Waals surface area contributed by atoms with E-state index < -0.39 is 10.9 Å². The third-order valence-electron chi connectivity index (χ3n) is 2.96. The molecule has 0 aromatic heterocycles. The zero-order chi connectivity index (χ0) is 16.1. The van der Waals surface area contributed by atoms with Crippen molar-refractivity contribution in [1.82, 2.24) is 0 Å². The molecular weight excluding hydrogens is 308 g/mol. The summed E-state index contributed by atoms with van der Waals surface area (Å²) in [5.74, 6) is -0.634. The van der Waals surface area contributed by atoms with Crippen molar-refractivity contribution in [3.05, 3.63) is 68.7 Å². The maximum absolute atomic E-state index is 12.0. The predicted octanol–water partition coefficient (Wildman–Crippen LogP) is 3.65. The summed E-state index contributed by atoms with van der Waals surface area (Å²) in [6, 6.07) is 11.0. The minimum absolute atomic E-state index is 0.0426. The van der Waals surface area contributed by atoms with Crippen molar-refractivity contribution in [2.75, 3.05) is 12.4 Å². The average Bonchev–Trinajstić information content (AvgIpc) is 2.52. The smallest absolute Gasteiger partial charge is 0.338 e. The van der Waals surface area contributed by atoms with Crippen molar-refractivity contribution >= 4 is 28.9 Å². The summed E-state index contributed by atoms with van der Waals surface area (Å²) in [5.41, 5.74) is 1.01. The van der Waals surface area contributed by atoms with Crippen molar-refractivity contribution in [2.45, 2.75) is 6.61 Å². The third-order valence-corrected chi connectivity index (χ3v) is 3.19. The molecule has 2 rings (SSSR count). The first-order valence-corrected chi connectivity index (χ1v) is 6.77. The summed E-state index contributed by atoms with van der Waals surface area (Å²) >= 11 is 5.84. The highest BCUT2D eigenvalue weighted by molar-refractivity contribution is 6.30. The van der Waals surface area contributed by atoms with Crippen LogP contribution in [0.2, 0.25) is 5.02 Å². The Bertz CT molecular complexity index is 718. The number of ether oxygens (including phenoxy) is 1. The topological polar surface area (TPSA) is 81.5 Å². The molecule has 0 spiro atoms. The molecule has 2 aromatic carbocycles. The van der Waals surface area contributed by atoms with Crippen LogP contribution in [0.1, 0.15) is 15.9 Å². The van der Waals surface area contributed by atoms with Gasteiger partial charge in [0.25, 0.3) is 5.69 Å². The lowest BCUT2D eigenvalue weighted by Gasteiger charge is -2.07. The van der Waals surface area contributed by atoms with Gasteiger partial charge in [-0.15, -0.1) is 0 Å². The van der Waals surface area contributed by atoms with Gasteiger partial charge in [0.1, 0.15) is 12.3 Å². The number of nitro groups is 1. The van der Waals surface area contributed by atoms with Gasteiger partial charge in [-0.25, -0.2) is 4.79 Å². The first kappa shape index (κ1) is 15.8. The highest BCUT2D eigenvalue weighted by Gasteiger charge is 2.17. The number of carbonyl (C=O) groups is 1. The van der Waals surface area contributed by atoms with Crippen molar-refractivity contribution < 1.29 is 14.5 Å². The maximum atomic E-state index is 12.0. The fraction of sp³-hybridized carbons (Fsp3) is 0.133. The van der Waals surface area contributed by atoms with Crippen LogP contribution < -0.4 is 5.32 Å². The molecule has 0 saturated heterocycles. The molecule has 1 N–H and O–H groups in total. The van der Waals surface area contributed by atoms with Crippen LogP contribution in [0.25, 0.3) is 0 Å². The second-order valence-electron chi connectivity index (χ2n) is 4.45. The van der Waals surface area contributed by atoms with E-state index in [2.05, 4.69) is 5.32 Å². The van der Waals surface area contributed by atoms with E-state index in [1.807, 2.05) is 0 Å². The quantitative estimate of drug-likeness (QED) is 0.516. The number of esters is 1. The van der Waals surface area contributed by atoms with Gasteiger partial charge in [-0.2, -0.15) is 0 Å². The molecule has 0 radical (unpaired) electrons. The maximum Gasteiger partial charge on any atom is 0.338 e. The first-order valence-electron chi connectivity index (χ1n) is 6.39. The minimum atomic E-state index is -0.634. The van der Waals surface area contributed by atoms with Crippen molar-refractivity contribution in [2.24, 2.45) is 0 Å². The highest BCUT2D eigenvalue weighted by Crippen LogP contribution is 2.25. The van der Waals surface area contributed by atoms with Gasteiger partial charge in [0.15, 0.2) is 0 Å². The Labute approximate surface area is 131 Å². The van der Waals surface area contributed by atoms with Crippen LogP contribution in [0, 0.1) is 10.1 Å². The first-order chi connectivity index (χ1) is 10.5. The number of nitro benzene ring substituents is 1. The van der Waals surface area contributed by atoms with E-state index in [9.17, 15) is 14.9 Å². The largest absolute Gasteiger partial charge is 0.457 e. The molecule has 2 aromatic rings. The fourth-order valence-electron chi connectivity index (χ4n) is 1.88. The third kappa shape index (κ3) is 3.73. The van der Waals surface area contributed by atoms with Gasteiger partial charge >= 0.3 is 5.97 Å². The molecule has 0 aliphatic rings. The predicted molar refractivity (Wildman–Crippen MR) is 83.2 cm³/mol. The molecule has 0 fully saturated rings. The van der Waals surface area contributed by atoms with Gasteiger partial charge in [0.2, 0.25) is 0 Å². The number of nitrogens with one attached hydrogen (secondary N) is 1. The van der Waals surface area contributed by atoms with Crippen LogP contribution >= 0.6 is 11.6 Å². The highest BCUT2D eigenvalue weighted by atomic mass is 35.5. The molecule has 0 saturated carbocycles. The van der Waals surface area contributed by atoms with Crippen molar-refractivity contribution in [3.8, 4) is 0 Å². The molecule has 114 valence electrons. The van der Waals surface area contributed by atoms with Crippen molar-refractivity contribution in [3.63, 3.8) is 0 Å². The Hall–Kier alpha value is -2.60. The van der Waals surface area contributed by atoms with E-state index in [1.54, 1.807) is 31.3 Å². The van der Waals surface area contributed by atoms with E-state index in [4.69, 9.17) is 16.3 Å². The molecule has 0 amide bonds. The molecule has 0 atom stereocenters. The zero-order valence-corrected chi connectivity index (χ0v) is 12.5. The number of carbonyl (C=O) groups excluding carboxylic acids is 1. The van der Waals surface area contributed by atoms with Gasteiger partial charge in [0, 0.05) is 18.1 Å². The van der Waals surface area contributed by atoms with Gasteiger partial charge in [-0.05, 0) is 29.8 Å². The molecule has 0 unspecified atom stereocenters. The van der Waals surface area contributed by atoms with Crippen LogP contribution in [-0.2, 0) is 11.3 Å². The summed E-state index contributed by atoms with van der Waals surface area (Å²) < 4.78 is 5.14. The van der Waals surface area contributed by atoms with Gasteiger partial charge in [-0.3, -0.25) is 10.1 Å². The number of anilines is 1. The fourth-order valence-corrected chi connectivity index (χ4v) is 2.09. The zero-order valence-electron chi connectivity index (χ0n) is 11.7. The molecule has 0 aliphatic heterocycles. The molecule has 0 heterocycles. The summed E-state index contributed by atoms with van der Waals surface area (Å²) in [4.78, 5) is 22.4. The summed E-state index contributed by atoms with van der Waals surface area (Å²) in [5, 5.41) is 14.2. The monoisotopic (exact) mass is 320 g/mol. The van der Waals surface area contributed by atoms with Crippen LogP contribution in [-0.4, -0.2) is 17.9 Å². The lowest BCUT2D eigenvalue weighted by molar-refractivity contribution is -0.384. The molecule has 7 heteroatoms. The number of benzene rings is 2. The normalized spacial score (nSPS) is 10.1. The van der Waals surface area contributed by atoms with E-state index in [0.717, 1.165) is 5.56 Å². The average molecular weight is 321 g/mol. The van der Waals surface area contributed by atoms with E-state index in [1.165, 1.54) is 18.2 Å².